The Bertz CT molecular complexity index is 1530. The summed E-state index contributed by atoms with van der Waals surface area (Å²) in [6.07, 6.45) is 5.92. The second-order valence-corrected chi connectivity index (χ2v) is 12.4. The van der Waals surface area contributed by atoms with E-state index in [0.29, 0.717) is 24.9 Å². The van der Waals surface area contributed by atoms with Crippen LogP contribution in [-0.2, 0) is 24.6 Å². The fourth-order valence-electron chi connectivity index (χ4n) is 6.89. The Kier molecular flexibility index (Phi) is 13.3. The molecule has 0 spiro atoms. The fourth-order valence-corrected chi connectivity index (χ4v) is 6.89. The van der Waals surface area contributed by atoms with Crippen molar-refractivity contribution in [2.45, 2.75) is 70.3 Å². The number of para-hydroxylation sites is 3. The molecule has 5 rings (SSSR count). The first-order valence-corrected chi connectivity index (χ1v) is 15.7. The van der Waals surface area contributed by atoms with Gasteiger partial charge in [0.2, 0.25) is 0 Å². The molecule has 0 radical (unpaired) electrons. The molecule has 1 aliphatic carbocycles. The van der Waals surface area contributed by atoms with Gasteiger partial charge < -0.3 is 14.2 Å². The van der Waals surface area contributed by atoms with E-state index in [1.54, 1.807) is 6.07 Å². The van der Waals surface area contributed by atoms with Crippen LogP contribution in [-0.4, -0.2) is 46.3 Å². The molecule has 1 aliphatic rings. The predicted octanol–water partition coefficient (Wildman–Crippen LogP) is 8.96. The maximum atomic E-state index is 14.2. The Labute approximate surface area is 279 Å². The number of rotatable bonds is 12. The van der Waals surface area contributed by atoms with Crippen LogP contribution in [0.15, 0.2) is 72.8 Å². The van der Waals surface area contributed by atoms with E-state index in [9.17, 15) is 9.18 Å². The van der Waals surface area contributed by atoms with Crippen molar-refractivity contribution in [2.24, 2.45) is 13.0 Å². The van der Waals surface area contributed by atoms with Gasteiger partial charge in [0.25, 0.3) is 0 Å². The molecule has 1 heterocycles. The smallest absolute Gasteiger partial charge is 0.412 e. The number of amides is 1. The van der Waals surface area contributed by atoms with Gasteiger partial charge in [0.1, 0.15) is 17.2 Å². The molecule has 0 bridgehead atoms. The molecule has 45 heavy (non-hydrogen) atoms. The Morgan fingerprint density at radius 2 is 1.78 bits per heavy atom. The lowest BCUT2D eigenvalue weighted by molar-refractivity contribution is -0.0384. The number of ether oxygens (including phenoxy) is 1. The second kappa shape index (κ2) is 16.4. The van der Waals surface area contributed by atoms with E-state index in [2.05, 4.69) is 60.9 Å². The molecule has 244 valence electrons. The molecular weight excluding hydrogens is 610 g/mol. The number of carbonyl (C=O) groups is 1. The summed E-state index contributed by atoms with van der Waals surface area (Å²) in [4.78, 5) is 20.5. The van der Waals surface area contributed by atoms with E-state index in [-0.39, 0.29) is 42.5 Å². The van der Waals surface area contributed by atoms with Gasteiger partial charge in [0.05, 0.1) is 11.0 Å². The van der Waals surface area contributed by atoms with Gasteiger partial charge in [0.15, 0.2) is 0 Å². The van der Waals surface area contributed by atoms with E-state index in [0.717, 1.165) is 61.2 Å². The van der Waals surface area contributed by atoms with Gasteiger partial charge in [0, 0.05) is 38.0 Å². The fraction of sp³-hybridized carbons (Fsp3) is 0.444. The first-order valence-electron chi connectivity index (χ1n) is 15.7. The van der Waals surface area contributed by atoms with Crippen molar-refractivity contribution in [3.05, 3.63) is 95.6 Å². The first-order chi connectivity index (χ1) is 20.8. The summed E-state index contributed by atoms with van der Waals surface area (Å²) in [7, 11) is 4.25. The van der Waals surface area contributed by atoms with Crippen LogP contribution in [0.25, 0.3) is 11.0 Å². The quantitative estimate of drug-likeness (QED) is 0.155. The summed E-state index contributed by atoms with van der Waals surface area (Å²) in [5.41, 5.74) is 4.38. The molecule has 0 unspecified atom stereocenters. The number of nitrogens with zero attached hydrogens (tertiary/aromatic N) is 3. The Morgan fingerprint density at radius 3 is 2.51 bits per heavy atom. The van der Waals surface area contributed by atoms with Crippen molar-refractivity contribution in [3.8, 4) is 0 Å². The number of hydrogen-bond acceptors (Lipinski definition) is 4. The van der Waals surface area contributed by atoms with Gasteiger partial charge in [-0.05, 0) is 92.7 Å². The number of unbranched alkanes of at least 4 members (excludes halogenated alkanes) is 2. The van der Waals surface area contributed by atoms with E-state index in [1.165, 1.54) is 11.6 Å². The van der Waals surface area contributed by atoms with Gasteiger partial charge >= 0.3 is 6.09 Å². The number of halogens is 3. The van der Waals surface area contributed by atoms with Crippen LogP contribution in [0.2, 0.25) is 0 Å². The number of imidazole rings is 1. The lowest BCUT2D eigenvalue weighted by atomic mass is 9.65. The second-order valence-electron chi connectivity index (χ2n) is 12.4. The van der Waals surface area contributed by atoms with Crippen LogP contribution >= 0.6 is 24.8 Å². The van der Waals surface area contributed by atoms with Crippen molar-refractivity contribution in [3.63, 3.8) is 0 Å². The van der Waals surface area contributed by atoms with Gasteiger partial charge in [-0.25, -0.2) is 14.2 Å². The summed E-state index contributed by atoms with van der Waals surface area (Å²) in [6.45, 7) is 6.13. The molecule has 0 fully saturated rings. The van der Waals surface area contributed by atoms with Crippen molar-refractivity contribution >= 4 is 47.6 Å². The summed E-state index contributed by atoms with van der Waals surface area (Å²) >= 11 is 0. The topological polar surface area (TPSA) is 59.4 Å². The third-order valence-corrected chi connectivity index (χ3v) is 9.04. The molecular formula is C36H47Cl2FN4O2. The van der Waals surface area contributed by atoms with Gasteiger partial charge in [-0.15, -0.1) is 24.8 Å². The minimum absolute atomic E-state index is 0. The monoisotopic (exact) mass is 656 g/mol. The molecule has 3 aromatic carbocycles. The van der Waals surface area contributed by atoms with E-state index < -0.39 is 11.7 Å². The van der Waals surface area contributed by atoms with Crippen molar-refractivity contribution in [1.82, 2.24) is 14.5 Å². The molecule has 6 nitrogen and oxygen atoms in total. The van der Waals surface area contributed by atoms with Gasteiger partial charge in [-0.1, -0.05) is 56.7 Å². The zero-order valence-corrected chi connectivity index (χ0v) is 28.4. The first kappa shape index (κ1) is 36.3. The van der Waals surface area contributed by atoms with Gasteiger partial charge in [-0.3, -0.25) is 5.32 Å². The van der Waals surface area contributed by atoms with Gasteiger partial charge in [-0.2, -0.15) is 0 Å². The van der Waals surface area contributed by atoms with Crippen molar-refractivity contribution in [2.75, 3.05) is 25.5 Å². The zero-order chi connectivity index (χ0) is 30.4. The summed E-state index contributed by atoms with van der Waals surface area (Å²) in [5, 5.41) is 2.93. The molecule has 0 saturated carbocycles. The third kappa shape index (κ3) is 8.78. The lowest BCUT2D eigenvalue weighted by Gasteiger charge is -2.47. The molecule has 2 atom stereocenters. The molecule has 9 heteroatoms. The third-order valence-electron chi connectivity index (χ3n) is 9.04. The maximum absolute atomic E-state index is 14.2. The Balaban J connectivity index is 0.00000276. The van der Waals surface area contributed by atoms with Crippen LogP contribution in [0, 0.1) is 11.7 Å². The Morgan fingerprint density at radius 1 is 1.04 bits per heavy atom. The number of carbonyl (C=O) groups excluding carboxylic acids is 1. The molecule has 1 N–H and O–H groups in total. The highest BCUT2D eigenvalue weighted by atomic mass is 35.5. The standard InChI is InChI=1S/C36H45FN4O2.2ClH/c1-26(2)34-30-19-18-28(37)25-27(30)20-21-36(34,43-35(42)38-29-13-7-5-8-14-29)22-24-40(3)23-12-6-9-17-33-39-31-15-10-11-16-32(31)41(33)4;;/h5,7-8,10-11,13-16,18-19,25-26,34H,6,9,12,17,20-24H2,1-4H3,(H,38,42);2*1H/t34-,36-;;/m0../s1. The van der Waals surface area contributed by atoms with Crippen LogP contribution in [0.3, 0.4) is 0 Å². The largest absolute Gasteiger partial charge is 0.442 e. The SMILES string of the molecule is CC(C)[C@H]1c2ccc(F)cc2CC[C@@]1(CCN(C)CCCCCc1nc2ccccc2n1C)OC(=O)Nc1ccccc1.Cl.Cl. The van der Waals surface area contributed by atoms with Crippen LogP contribution in [0.4, 0.5) is 14.9 Å². The average Bonchev–Trinajstić information content (AvgIpc) is 3.31. The minimum atomic E-state index is -0.688. The predicted molar refractivity (Wildman–Crippen MR) is 186 cm³/mol. The highest BCUT2D eigenvalue weighted by Gasteiger charge is 2.48. The number of hydrogen-bond donors (Lipinski definition) is 1. The zero-order valence-electron chi connectivity index (χ0n) is 26.8. The van der Waals surface area contributed by atoms with Crippen LogP contribution in [0.1, 0.15) is 68.8 Å². The summed E-state index contributed by atoms with van der Waals surface area (Å²) in [6, 6.07) is 22.8. The number of anilines is 1. The van der Waals surface area contributed by atoms with E-state index in [1.807, 2.05) is 42.5 Å². The maximum Gasteiger partial charge on any atom is 0.412 e. The normalized spacial score (nSPS) is 17.4. The number of benzene rings is 3. The lowest BCUT2D eigenvalue weighted by Crippen LogP contribution is -2.49. The Hall–Kier alpha value is -3.13. The molecule has 1 amide bonds. The highest BCUT2D eigenvalue weighted by Crippen LogP contribution is 2.48. The van der Waals surface area contributed by atoms with Crippen molar-refractivity contribution < 1.29 is 13.9 Å². The van der Waals surface area contributed by atoms with E-state index >= 15 is 0 Å². The van der Waals surface area contributed by atoms with Crippen LogP contribution < -0.4 is 5.32 Å². The molecule has 1 aromatic heterocycles. The number of nitrogens with one attached hydrogen (secondary N) is 1. The van der Waals surface area contributed by atoms with Crippen LogP contribution in [0.5, 0.6) is 0 Å². The minimum Gasteiger partial charge on any atom is -0.442 e. The number of aryl methyl sites for hydroxylation is 3. The molecule has 0 saturated heterocycles. The number of fused-ring (bicyclic) bond motifs is 2. The summed E-state index contributed by atoms with van der Waals surface area (Å²) < 4.78 is 22.8. The van der Waals surface area contributed by atoms with E-state index in [4.69, 9.17) is 9.72 Å². The van der Waals surface area contributed by atoms with Crippen molar-refractivity contribution in [1.29, 1.82) is 0 Å². The average molecular weight is 658 g/mol. The highest BCUT2D eigenvalue weighted by molar-refractivity contribution is 5.86. The summed E-state index contributed by atoms with van der Waals surface area (Å²) in [5.74, 6) is 1.11. The molecule has 4 aromatic rings. The molecule has 0 aliphatic heterocycles. The number of aromatic nitrogens is 2.